The summed E-state index contributed by atoms with van der Waals surface area (Å²) >= 11 is 7.62. The summed E-state index contributed by atoms with van der Waals surface area (Å²) in [4.78, 5) is 7.93. The van der Waals surface area contributed by atoms with Crippen LogP contribution in [-0.2, 0) is 13.1 Å². The van der Waals surface area contributed by atoms with Crippen LogP contribution in [0.3, 0.4) is 0 Å². The van der Waals surface area contributed by atoms with Gasteiger partial charge in [-0.2, -0.15) is 0 Å². The Kier molecular flexibility index (Phi) is 4.10. The molecule has 2 N–H and O–H groups in total. The van der Waals surface area contributed by atoms with Gasteiger partial charge in [-0.15, -0.1) is 11.3 Å². The quantitative estimate of drug-likeness (QED) is 0.789. The van der Waals surface area contributed by atoms with E-state index in [-0.39, 0.29) is 0 Å². The van der Waals surface area contributed by atoms with Crippen LogP contribution in [0.15, 0.2) is 42.6 Å². The molecule has 0 saturated carbocycles. The summed E-state index contributed by atoms with van der Waals surface area (Å²) in [7, 11) is 2.08. The van der Waals surface area contributed by atoms with Crippen molar-refractivity contribution < 1.29 is 0 Å². The second-order valence-electron chi connectivity index (χ2n) is 4.92. The number of hydrogen-bond donors (Lipinski definition) is 1. The summed E-state index contributed by atoms with van der Waals surface area (Å²) in [5, 5.41) is 1.13. The van der Waals surface area contributed by atoms with Gasteiger partial charge < -0.3 is 10.6 Å². The maximum atomic E-state index is 6.01. The highest BCUT2D eigenvalue weighted by Crippen LogP contribution is 2.31. The molecule has 21 heavy (non-hydrogen) atoms. The number of thiophene rings is 1. The molecular weight excluding hydrogens is 302 g/mol. The summed E-state index contributed by atoms with van der Waals surface area (Å²) in [5.41, 5.74) is 9.08. The number of pyridine rings is 1. The zero-order valence-electron chi connectivity index (χ0n) is 11.7. The summed E-state index contributed by atoms with van der Waals surface area (Å²) in [6.07, 6.45) is 1.87. The predicted octanol–water partition coefficient (Wildman–Crippen LogP) is 4.04. The van der Waals surface area contributed by atoms with Crippen LogP contribution in [0.25, 0.3) is 10.9 Å². The number of anilines is 1. The van der Waals surface area contributed by atoms with Crippen molar-refractivity contribution in [1.82, 2.24) is 4.98 Å². The topological polar surface area (TPSA) is 42.1 Å². The molecule has 0 atom stereocenters. The van der Waals surface area contributed by atoms with E-state index in [1.165, 1.54) is 4.88 Å². The van der Waals surface area contributed by atoms with Gasteiger partial charge >= 0.3 is 0 Å². The minimum absolute atomic E-state index is 0.475. The fourth-order valence-corrected chi connectivity index (χ4v) is 3.66. The Balaban J connectivity index is 2.04. The normalized spacial score (nSPS) is 11.0. The summed E-state index contributed by atoms with van der Waals surface area (Å²) < 4.78 is 0.817. The Labute approximate surface area is 133 Å². The number of rotatable bonds is 4. The van der Waals surface area contributed by atoms with Gasteiger partial charge in [0.1, 0.15) is 0 Å². The number of hydrogen-bond acceptors (Lipinski definition) is 4. The van der Waals surface area contributed by atoms with Gasteiger partial charge in [0.15, 0.2) is 0 Å². The maximum Gasteiger partial charge on any atom is 0.0931 e. The van der Waals surface area contributed by atoms with Crippen LogP contribution in [0.5, 0.6) is 0 Å². The third-order valence-electron chi connectivity index (χ3n) is 3.45. The van der Waals surface area contributed by atoms with Crippen molar-refractivity contribution in [3.8, 4) is 0 Å². The van der Waals surface area contributed by atoms with Gasteiger partial charge in [0.25, 0.3) is 0 Å². The van der Waals surface area contributed by atoms with Crippen LogP contribution in [0.1, 0.15) is 10.4 Å². The number of nitrogens with zero attached hydrogens (tertiary/aromatic N) is 2. The molecule has 2 heterocycles. The molecule has 3 rings (SSSR count). The fourth-order valence-electron chi connectivity index (χ4n) is 2.52. The summed E-state index contributed by atoms with van der Waals surface area (Å²) in [6, 6.07) is 12.1. The fraction of sp³-hybridized carbons (Fsp3) is 0.188. The van der Waals surface area contributed by atoms with Crippen molar-refractivity contribution in [3.63, 3.8) is 0 Å². The molecule has 108 valence electrons. The molecule has 1 aromatic carbocycles. The molecule has 0 amide bonds. The summed E-state index contributed by atoms with van der Waals surface area (Å²) in [6.45, 7) is 1.28. The standard InChI is InChI=1S/C16H16ClN3S/c1-20(10-12-6-7-15(17)21-12)16-11(8-18)9-19-14-5-3-2-4-13(14)16/h2-7,9H,8,10,18H2,1H3. The van der Waals surface area contributed by atoms with Gasteiger partial charge in [0.2, 0.25) is 0 Å². The molecule has 0 aliphatic heterocycles. The number of nitrogens with two attached hydrogens (primary N) is 1. The Bertz CT molecular complexity index is 769. The zero-order valence-corrected chi connectivity index (χ0v) is 13.3. The Morgan fingerprint density at radius 3 is 2.76 bits per heavy atom. The van der Waals surface area contributed by atoms with Gasteiger partial charge in [0.05, 0.1) is 22.1 Å². The molecule has 3 nitrogen and oxygen atoms in total. The van der Waals surface area contributed by atoms with E-state index in [1.807, 2.05) is 30.5 Å². The second kappa shape index (κ2) is 6.02. The number of para-hydroxylation sites is 1. The van der Waals surface area contributed by atoms with Crippen LogP contribution in [-0.4, -0.2) is 12.0 Å². The third kappa shape index (κ3) is 2.88. The molecule has 0 unspecified atom stereocenters. The van der Waals surface area contributed by atoms with Crippen LogP contribution in [0.4, 0.5) is 5.69 Å². The van der Waals surface area contributed by atoms with E-state index in [0.717, 1.165) is 33.0 Å². The van der Waals surface area contributed by atoms with Crippen molar-refractivity contribution in [2.24, 2.45) is 5.73 Å². The molecule has 5 heteroatoms. The molecule has 0 radical (unpaired) electrons. The molecule has 3 aromatic rings. The smallest absolute Gasteiger partial charge is 0.0931 e. The van der Waals surface area contributed by atoms with Crippen LogP contribution in [0, 0.1) is 0 Å². The predicted molar refractivity (Wildman–Crippen MR) is 91.1 cm³/mol. The van der Waals surface area contributed by atoms with Gasteiger partial charge in [-0.05, 0) is 18.2 Å². The molecule has 0 spiro atoms. The van der Waals surface area contributed by atoms with Crippen molar-refractivity contribution in [2.75, 3.05) is 11.9 Å². The van der Waals surface area contributed by atoms with Crippen molar-refractivity contribution in [3.05, 3.63) is 57.4 Å². The van der Waals surface area contributed by atoms with Gasteiger partial charge in [0, 0.05) is 35.6 Å². The van der Waals surface area contributed by atoms with Crippen molar-refractivity contribution in [2.45, 2.75) is 13.1 Å². The van der Waals surface area contributed by atoms with Gasteiger partial charge in [-0.3, -0.25) is 4.98 Å². The van der Waals surface area contributed by atoms with E-state index in [0.29, 0.717) is 6.54 Å². The van der Waals surface area contributed by atoms with E-state index in [2.05, 4.69) is 29.1 Å². The van der Waals surface area contributed by atoms with Gasteiger partial charge in [-0.25, -0.2) is 0 Å². The lowest BCUT2D eigenvalue weighted by Crippen LogP contribution is -2.19. The first kappa shape index (κ1) is 14.3. The SMILES string of the molecule is CN(Cc1ccc(Cl)s1)c1c(CN)cnc2ccccc12. The average Bonchev–Trinajstić information content (AvgIpc) is 2.90. The number of aromatic nitrogens is 1. The van der Waals surface area contributed by atoms with E-state index in [9.17, 15) is 0 Å². The Hall–Kier alpha value is -1.62. The first-order chi connectivity index (χ1) is 10.2. The highest BCUT2D eigenvalue weighted by atomic mass is 35.5. The third-order valence-corrected chi connectivity index (χ3v) is 4.66. The lowest BCUT2D eigenvalue weighted by atomic mass is 10.1. The first-order valence-corrected chi connectivity index (χ1v) is 7.90. The number of benzene rings is 1. The minimum atomic E-state index is 0.475. The lowest BCUT2D eigenvalue weighted by Gasteiger charge is -2.23. The number of halogens is 1. The Morgan fingerprint density at radius 2 is 2.05 bits per heavy atom. The largest absolute Gasteiger partial charge is 0.369 e. The molecule has 0 fully saturated rings. The monoisotopic (exact) mass is 317 g/mol. The first-order valence-electron chi connectivity index (χ1n) is 6.71. The second-order valence-corrected chi connectivity index (χ2v) is 6.71. The van der Waals surface area contributed by atoms with Crippen LogP contribution >= 0.6 is 22.9 Å². The van der Waals surface area contributed by atoms with E-state index in [4.69, 9.17) is 17.3 Å². The van der Waals surface area contributed by atoms with Crippen molar-refractivity contribution >= 4 is 39.5 Å². The van der Waals surface area contributed by atoms with Crippen LogP contribution in [0.2, 0.25) is 4.34 Å². The van der Waals surface area contributed by atoms with E-state index < -0.39 is 0 Å². The van der Waals surface area contributed by atoms with E-state index in [1.54, 1.807) is 11.3 Å². The molecule has 2 aromatic heterocycles. The van der Waals surface area contributed by atoms with Gasteiger partial charge in [-0.1, -0.05) is 29.8 Å². The maximum absolute atomic E-state index is 6.01. The molecule has 0 aliphatic rings. The molecular formula is C16H16ClN3S. The highest BCUT2D eigenvalue weighted by Gasteiger charge is 2.13. The lowest BCUT2D eigenvalue weighted by molar-refractivity contribution is 0.920. The molecule has 0 saturated heterocycles. The van der Waals surface area contributed by atoms with Crippen LogP contribution < -0.4 is 10.6 Å². The molecule has 0 bridgehead atoms. The van der Waals surface area contributed by atoms with E-state index >= 15 is 0 Å². The number of fused-ring (bicyclic) bond motifs is 1. The zero-order chi connectivity index (χ0) is 14.8. The average molecular weight is 318 g/mol. The highest BCUT2D eigenvalue weighted by molar-refractivity contribution is 7.16. The minimum Gasteiger partial charge on any atom is -0.369 e. The Morgan fingerprint density at radius 1 is 1.24 bits per heavy atom. The summed E-state index contributed by atoms with van der Waals surface area (Å²) in [5.74, 6) is 0. The van der Waals surface area contributed by atoms with Crippen molar-refractivity contribution in [1.29, 1.82) is 0 Å². The molecule has 0 aliphatic carbocycles.